The predicted molar refractivity (Wildman–Crippen MR) is 84.1 cm³/mol. The monoisotopic (exact) mass is 304 g/mol. The third-order valence-corrected chi connectivity index (χ3v) is 2.83. The molecule has 0 spiro atoms. The lowest BCUT2D eigenvalue weighted by Gasteiger charge is -2.06. The molecular weight excluding hydrogens is 292 g/mol. The van der Waals surface area contributed by atoms with Crippen molar-refractivity contribution in [3.8, 4) is 12.1 Å². The average Bonchev–Trinajstić information content (AvgIpc) is 2.62. The lowest BCUT2D eigenvalue weighted by Crippen LogP contribution is -2.22. The second-order valence-corrected chi connectivity index (χ2v) is 4.42. The summed E-state index contributed by atoms with van der Waals surface area (Å²) in [6, 6.07) is 13.5. The molecule has 2 rings (SSSR count). The van der Waals surface area contributed by atoms with Gasteiger partial charge in [-0.1, -0.05) is 6.07 Å². The molecule has 0 aliphatic carbocycles. The predicted octanol–water partition coefficient (Wildman–Crippen LogP) is 1.83. The third-order valence-electron chi connectivity index (χ3n) is 2.83. The van der Waals surface area contributed by atoms with E-state index in [9.17, 15) is 4.79 Å². The molecule has 2 aromatic rings. The number of pyridine rings is 1. The Morgan fingerprint density at radius 1 is 1.17 bits per heavy atom. The van der Waals surface area contributed by atoms with Crippen LogP contribution in [0.4, 0.5) is 5.69 Å². The number of nitriles is 2. The van der Waals surface area contributed by atoms with Crippen LogP contribution in [-0.2, 0) is 6.54 Å². The molecule has 0 saturated carbocycles. The Bertz CT molecular complexity index is 768. The van der Waals surface area contributed by atoms with Crippen LogP contribution in [0, 0.1) is 22.7 Å². The molecule has 0 aliphatic rings. The first kappa shape index (κ1) is 15.7. The molecule has 1 aromatic heterocycles. The van der Waals surface area contributed by atoms with Gasteiger partial charge in [0.05, 0.1) is 5.69 Å². The molecule has 1 heterocycles. The van der Waals surface area contributed by atoms with E-state index in [4.69, 9.17) is 10.5 Å². The number of rotatable bonds is 5. The van der Waals surface area contributed by atoms with E-state index in [-0.39, 0.29) is 11.6 Å². The summed E-state index contributed by atoms with van der Waals surface area (Å²) in [6.45, 7) is 0.394. The van der Waals surface area contributed by atoms with Crippen molar-refractivity contribution in [2.75, 3.05) is 5.43 Å². The van der Waals surface area contributed by atoms with E-state index >= 15 is 0 Å². The molecule has 1 aromatic carbocycles. The van der Waals surface area contributed by atoms with Crippen molar-refractivity contribution in [1.82, 2.24) is 10.3 Å². The number of carbonyl (C=O) groups excluding carboxylic acids is 1. The number of aromatic nitrogens is 1. The molecule has 7 nitrogen and oxygen atoms in total. The Labute approximate surface area is 132 Å². The Morgan fingerprint density at radius 3 is 2.52 bits per heavy atom. The topological polar surface area (TPSA) is 114 Å². The minimum Gasteiger partial charge on any atom is -0.348 e. The van der Waals surface area contributed by atoms with Crippen molar-refractivity contribution in [1.29, 1.82) is 10.5 Å². The van der Waals surface area contributed by atoms with E-state index in [1.807, 2.05) is 6.07 Å². The number of hydrazone groups is 1. The van der Waals surface area contributed by atoms with Gasteiger partial charge in [0.2, 0.25) is 5.71 Å². The van der Waals surface area contributed by atoms with Gasteiger partial charge < -0.3 is 5.32 Å². The van der Waals surface area contributed by atoms with E-state index in [1.165, 1.54) is 0 Å². The SMILES string of the molecule is N#CC(C#N)=NNc1ccc(C(=O)NCc2cccnc2)cc1. The molecule has 0 radical (unpaired) electrons. The number of hydrogen-bond donors (Lipinski definition) is 2. The minimum atomic E-state index is -0.275. The van der Waals surface area contributed by atoms with Gasteiger partial charge in [0.15, 0.2) is 0 Å². The summed E-state index contributed by atoms with van der Waals surface area (Å²) in [7, 11) is 0. The molecule has 112 valence electrons. The Kier molecular flexibility index (Phi) is 5.39. The quantitative estimate of drug-likeness (QED) is 0.646. The van der Waals surface area contributed by atoms with E-state index in [0.29, 0.717) is 17.8 Å². The summed E-state index contributed by atoms with van der Waals surface area (Å²) >= 11 is 0. The summed E-state index contributed by atoms with van der Waals surface area (Å²) < 4.78 is 0. The second kappa shape index (κ2) is 7.91. The van der Waals surface area contributed by atoms with Crippen molar-refractivity contribution in [3.63, 3.8) is 0 Å². The summed E-state index contributed by atoms with van der Waals surface area (Å²) in [6.07, 6.45) is 3.36. The van der Waals surface area contributed by atoms with Crippen molar-refractivity contribution in [3.05, 3.63) is 59.9 Å². The lowest BCUT2D eigenvalue weighted by atomic mass is 10.2. The molecule has 2 N–H and O–H groups in total. The number of nitrogens with one attached hydrogen (secondary N) is 2. The van der Waals surface area contributed by atoms with Crippen LogP contribution in [-0.4, -0.2) is 16.6 Å². The largest absolute Gasteiger partial charge is 0.348 e. The number of anilines is 1. The number of hydrogen-bond acceptors (Lipinski definition) is 6. The standard InChI is InChI=1S/C16H12N6O/c17-8-15(9-18)22-21-14-5-3-13(4-6-14)16(23)20-11-12-2-1-7-19-10-12/h1-7,10,21H,11H2,(H,20,23). The maximum absolute atomic E-state index is 12.0. The number of nitrogens with zero attached hydrogens (tertiary/aromatic N) is 4. The highest BCUT2D eigenvalue weighted by molar-refractivity contribution is 6.10. The molecule has 0 aliphatic heterocycles. The highest BCUT2D eigenvalue weighted by atomic mass is 16.1. The fraction of sp³-hybridized carbons (Fsp3) is 0.0625. The Balaban J connectivity index is 1.94. The molecule has 23 heavy (non-hydrogen) atoms. The van der Waals surface area contributed by atoms with Gasteiger partial charge in [0.25, 0.3) is 5.91 Å². The van der Waals surface area contributed by atoms with Gasteiger partial charge in [-0.3, -0.25) is 15.2 Å². The summed E-state index contributed by atoms with van der Waals surface area (Å²) in [4.78, 5) is 16.0. The first-order valence-electron chi connectivity index (χ1n) is 6.64. The van der Waals surface area contributed by atoms with E-state index in [1.54, 1.807) is 54.9 Å². The summed E-state index contributed by atoms with van der Waals surface area (Å²) in [5, 5.41) is 23.6. The maximum Gasteiger partial charge on any atom is 0.251 e. The van der Waals surface area contributed by atoms with E-state index < -0.39 is 0 Å². The average molecular weight is 304 g/mol. The summed E-state index contributed by atoms with van der Waals surface area (Å²) in [5.41, 5.74) is 4.27. The molecule has 0 bridgehead atoms. The van der Waals surface area contributed by atoms with Gasteiger partial charge in [0.1, 0.15) is 12.1 Å². The lowest BCUT2D eigenvalue weighted by molar-refractivity contribution is 0.0951. The molecule has 0 saturated heterocycles. The van der Waals surface area contributed by atoms with Gasteiger partial charge in [-0.15, -0.1) is 0 Å². The summed E-state index contributed by atoms with van der Waals surface area (Å²) in [5.74, 6) is -0.210. The van der Waals surface area contributed by atoms with Crippen LogP contribution in [0.3, 0.4) is 0 Å². The van der Waals surface area contributed by atoms with Crippen molar-refractivity contribution >= 4 is 17.3 Å². The first-order valence-corrected chi connectivity index (χ1v) is 6.64. The molecule has 0 fully saturated rings. The number of benzene rings is 1. The minimum absolute atomic E-state index is 0.210. The first-order chi connectivity index (χ1) is 11.2. The number of carbonyl (C=O) groups is 1. The van der Waals surface area contributed by atoms with Gasteiger partial charge in [-0.25, -0.2) is 0 Å². The highest BCUT2D eigenvalue weighted by Crippen LogP contribution is 2.10. The molecular formula is C16H12N6O. The zero-order chi connectivity index (χ0) is 16.5. The van der Waals surface area contributed by atoms with Crippen molar-refractivity contribution in [2.45, 2.75) is 6.54 Å². The second-order valence-electron chi connectivity index (χ2n) is 4.42. The molecule has 1 amide bonds. The smallest absolute Gasteiger partial charge is 0.251 e. The fourth-order valence-electron chi connectivity index (χ4n) is 1.68. The Hall–Kier alpha value is -3.71. The van der Waals surface area contributed by atoms with Crippen LogP contribution in [0.5, 0.6) is 0 Å². The molecule has 0 unspecified atom stereocenters. The zero-order valence-corrected chi connectivity index (χ0v) is 12.0. The maximum atomic E-state index is 12.0. The van der Waals surface area contributed by atoms with Crippen molar-refractivity contribution < 1.29 is 4.79 Å². The zero-order valence-electron chi connectivity index (χ0n) is 12.0. The van der Waals surface area contributed by atoms with Crippen molar-refractivity contribution in [2.24, 2.45) is 5.10 Å². The third kappa shape index (κ3) is 4.66. The molecule has 7 heteroatoms. The van der Waals surface area contributed by atoms with Crippen LogP contribution in [0.25, 0.3) is 0 Å². The number of amides is 1. The fourth-order valence-corrected chi connectivity index (χ4v) is 1.68. The van der Waals surface area contributed by atoms with Gasteiger partial charge >= 0.3 is 0 Å². The van der Waals surface area contributed by atoms with Crippen LogP contribution < -0.4 is 10.7 Å². The highest BCUT2D eigenvalue weighted by Gasteiger charge is 2.05. The van der Waals surface area contributed by atoms with Gasteiger partial charge in [0, 0.05) is 24.5 Å². The van der Waals surface area contributed by atoms with E-state index in [0.717, 1.165) is 5.56 Å². The normalized spacial score (nSPS) is 9.13. The van der Waals surface area contributed by atoms with Gasteiger partial charge in [-0.05, 0) is 35.9 Å². The van der Waals surface area contributed by atoms with Crippen LogP contribution in [0.15, 0.2) is 53.9 Å². The van der Waals surface area contributed by atoms with E-state index in [2.05, 4.69) is 20.8 Å². The molecule has 0 atom stereocenters. The van der Waals surface area contributed by atoms with Crippen LogP contribution >= 0.6 is 0 Å². The van der Waals surface area contributed by atoms with Crippen LogP contribution in [0.1, 0.15) is 15.9 Å². The van der Waals surface area contributed by atoms with Gasteiger partial charge in [-0.2, -0.15) is 15.6 Å². The Morgan fingerprint density at radius 2 is 1.91 bits per heavy atom. The van der Waals surface area contributed by atoms with Crippen LogP contribution in [0.2, 0.25) is 0 Å².